The molecule has 116 valence electrons. The molecule has 0 radical (unpaired) electrons. The zero-order chi connectivity index (χ0) is 16.0. The van der Waals surface area contributed by atoms with Gasteiger partial charge in [-0.05, 0) is 37.6 Å². The number of hydrogen-bond donors (Lipinski definition) is 1. The average Bonchev–Trinajstić information content (AvgIpc) is 2.86. The van der Waals surface area contributed by atoms with E-state index in [4.69, 9.17) is 9.79 Å². The van der Waals surface area contributed by atoms with Gasteiger partial charge in [-0.15, -0.1) is 5.10 Å². The summed E-state index contributed by atoms with van der Waals surface area (Å²) in [5.41, 5.74) is 0.261. The molecule has 0 bridgehead atoms. The summed E-state index contributed by atoms with van der Waals surface area (Å²) in [5, 5.41) is 25.5. The summed E-state index contributed by atoms with van der Waals surface area (Å²) in [6.45, 7) is 8.25. The molecule has 1 aromatic rings. The van der Waals surface area contributed by atoms with Crippen LogP contribution in [0.4, 0.5) is 5.95 Å². The van der Waals surface area contributed by atoms with E-state index < -0.39 is 19.2 Å². The predicted molar refractivity (Wildman–Crippen MR) is 77.9 cm³/mol. The summed E-state index contributed by atoms with van der Waals surface area (Å²) in [5.74, 6) is -0.408. The van der Waals surface area contributed by atoms with E-state index in [2.05, 4.69) is 19.9 Å². The van der Waals surface area contributed by atoms with E-state index in [0.717, 1.165) is 0 Å². The number of aromatic nitrogens is 3. The van der Waals surface area contributed by atoms with Gasteiger partial charge in [0.1, 0.15) is 0 Å². The Morgan fingerprint density at radius 1 is 1.48 bits per heavy atom. The van der Waals surface area contributed by atoms with E-state index in [1.54, 1.807) is 0 Å². The van der Waals surface area contributed by atoms with Crippen LogP contribution in [0.1, 0.15) is 34.1 Å². The van der Waals surface area contributed by atoms with Gasteiger partial charge >= 0.3 is 11.5 Å². The number of nitro groups is 1. The fourth-order valence-corrected chi connectivity index (χ4v) is 3.71. The first kappa shape index (κ1) is 17.4. The van der Waals surface area contributed by atoms with Gasteiger partial charge in [-0.2, -0.15) is 5.26 Å². The molecule has 0 spiro atoms. The molecule has 1 atom stereocenters. The monoisotopic (exact) mass is 314 g/mol. The number of hydrogen-bond acceptors (Lipinski definition) is 7. The second-order valence-electron chi connectivity index (χ2n) is 4.80. The first-order valence-electron chi connectivity index (χ1n) is 6.53. The summed E-state index contributed by atoms with van der Waals surface area (Å²) in [4.78, 5) is 14.0. The first-order valence-corrected chi connectivity index (χ1v) is 7.74. The fourth-order valence-electron chi connectivity index (χ4n) is 1.83. The van der Waals surface area contributed by atoms with E-state index in [9.17, 15) is 10.1 Å². The third kappa shape index (κ3) is 4.70. The quantitative estimate of drug-likeness (QED) is 0.335. The molecule has 0 saturated heterocycles. The van der Waals surface area contributed by atoms with Crippen LogP contribution in [0.3, 0.4) is 0 Å². The number of nitrogens with zero attached hydrogens (tertiary/aromatic N) is 5. The minimum atomic E-state index is -1.39. The highest BCUT2D eigenvalue weighted by Gasteiger charge is 2.34. The van der Waals surface area contributed by atoms with Crippen LogP contribution >= 0.6 is 8.30 Å². The Kier molecular flexibility index (Phi) is 6.62. The normalized spacial score (nSPS) is 12.9. The summed E-state index contributed by atoms with van der Waals surface area (Å²) < 4.78 is 7.80. The Bertz CT molecular complexity index is 504. The maximum atomic E-state index is 10.7. The molecule has 1 N–H and O–H groups in total. The topological polar surface area (TPSA) is 121 Å². The van der Waals surface area contributed by atoms with Crippen molar-refractivity contribution in [3.63, 3.8) is 0 Å². The Morgan fingerprint density at radius 3 is 2.52 bits per heavy atom. The Labute approximate surface area is 124 Å². The van der Waals surface area contributed by atoms with E-state index >= 15 is 0 Å². The Hall–Kier alpha value is -1.62. The summed E-state index contributed by atoms with van der Waals surface area (Å²) in [6.07, 6.45) is 0.245. The molecule has 10 heteroatoms. The van der Waals surface area contributed by atoms with Gasteiger partial charge in [-0.3, -0.25) is 0 Å². The summed E-state index contributed by atoms with van der Waals surface area (Å²) in [6, 6.07) is 2.30. The molecule has 0 fully saturated rings. The molecule has 21 heavy (non-hydrogen) atoms. The van der Waals surface area contributed by atoms with Gasteiger partial charge in [0.15, 0.2) is 0 Å². The van der Waals surface area contributed by atoms with Crippen LogP contribution in [0.5, 0.6) is 0 Å². The van der Waals surface area contributed by atoms with Gasteiger partial charge < -0.3 is 14.6 Å². The van der Waals surface area contributed by atoms with Crippen LogP contribution in [0, 0.1) is 21.4 Å². The third-order valence-electron chi connectivity index (χ3n) is 2.50. The van der Waals surface area contributed by atoms with Gasteiger partial charge in [0, 0.05) is 12.1 Å². The van der Waals surface area contributed by atoms with Gasteiger partial charge in [0.25, 0.3) is 0 Å². The molecule has 0 saturated carbocycles. The van der Waals surface area contributed by atoms with Gasteiger partial charge in [-0.1, -0.05) is 5.10 Å². The van der Waals surface area contributed by atoms with Crippen molar-refractivity contribution in [1.82, 2.24) is 19.9 Å². The van der Waals surface area contributed by atoms with Crippen LogP contribution < -0.4 is 5.57 Å². The van der Waals surface area contributed by atoms with Crippen molar-refractivity contribution in [2.45, 2.75) is 46.2 Å². The lowest BCUT2D eigenvalue weighted by Gasteiger charge is -2.34. The van der Waals surface area contributed by atoms with Crippen LogP contribution in [-0.2, 0) is 4.52 Å². The zero-order valence-corrected chi connectivity index (χ0v) is 13.4. The minimum absolute atomic E-state index is 0.149. The van der Waals surface area contributed by atoms with Crippen molar-refractivity contribution in [2.24, 2.45) is 0 Å². The molecule has 0 aromatic carbocycles. The standard InChI is InChI=1S/C11H19N6O3P/c1-8(2)16(9(3)4)21(20-7-5-6-12)11-13-10(14-15-11)17(18)19/h8-9H,5,7H2,1-4H3,(H,13,14,15). The van der Waals surface area contributed by atoms with Crippen LogP contribution in [0.15, 0.2) is 0 Å². The first-order chi connectivity index (χ1) is 9.88. The highest BCUT2D eigenvalue weighted by atomic mass is 31.2. The van der Waals surface area contributed by atoms with Gasteiger partial charge in [-0.25, -0.2) is 4.67 Å². The number of rotatable bonds is 8. The van der Waals surface area contributed by atoms with Crippen molar-refractivity contribution in [3.05, 3.63) is 10.1 Å². The van der Waals surface area contributed by atoms with Crippen molar-refractivity contribution in [1.29, 1.82) is 5.26 Å². The summed E-state index contributed by atoms with van der Waals surface area (Å²) >= 11 is 0. The van der Waals surface area contributed by atoms with E-state index in [1.165, 1.54) is 0 Å². The highest BCUT2D eigenvalue weighted by molar-refractivity contribution is 7.57. The number of nitriles is 1. The van der Waals surface area contributed by atoms with Crippen molar-refractivity contribution < 1.29 is 9.45 Å². The smallest absolute Gasteiger partial charge is 0.390 e. The Balaban J connectivity index is 3.04. The highest BCUT2D eigenvalue weighted by Crippen LogP contribution is 2.42. The molecule has 1 aromatic heterocycles. The number of nitrogens with one attached hydrogen (secondary N) is 1. The van der Waals surface area contributed by atoms with E-state index in [1.807, 2.05) is 33.8 Å². The molecule has 1 rings (SSSR count). The largest absolute Gasteiger partial charge is 0.453 e. The summed E-state index contributed by atoms with van der Waals surface area (Å²) in [7, 11) is -1.39. The minimum Gasteiger partial charge on any atom is -0.390 e. The second-order valence-corrected chi connectivity index (χ2v) is 6.46. The third-order valence-corrected chi connectivity index (χ3v) is 4.81. The Morgan fingerprint density at radius 2 is 2.10 bits per heavy atom. The molecular formula is C11H19N6O3P. The molecule has 1 unspecified atom stereocenters. The molecule has 1 heterocycles. The number of H-pyrrole nitrogens is 1. The maximum absolute atomic E-state index is 10.7. The molecule has 0 amide bonds. The van der Waals surface area contributed by atoms with Crippen LogP contribution in [0.2, 0.25) is 0 Å². The van der Waals surface area contributed by atoms with Crippen molar-refractivity contribution in [2.75, 3.05) is 6.61 Å². The average molecular weight is 314 g/mol. The molecule has 0 aliphatic rings. The van der Waals surface area contributed by atoms with Gasteiger partial charge in [0.05, 0.1) is 19.1 Å². The SMILES string of the molecule is CC(C)N(C(C)C)P(OCCC#N)c1n[nH]c([N+](=O)[O-])n1. The lowest BCUT2D eigenvalue weighted by molar-refractivity contribution is -0.394. The molecule has 0 aliphatic heterocycles. The molecule has 9 nitrogen and oxygen atoms in total. The predicted octanol–water partition coefficient (Wildman–Crippen LogP) is 1.70. The lowest BCUT2D eigenvalue weighted by atomic mass is 10.3. The number of aromatic amines is 1. The van der Waals surface area contributed by atoms with Crippen LogP contribution in [-0.4, -0.2) is 43.5 Å². The van der Waals surface area contributed by atoms with Crippen molar-refractivity contribution in [3.8, 4) is 6.07 Å². The molecular weight excluding hydrogens is 295 g/mol. The zero-order valence-electron chi connectivity index (χ0n) is 12.5. The van der Waals surface area contributed by atoms with Crippen LogP contribution in [0.25, 0.3) is 0 Å². The second kappa shape index (κ2) is 7.98. The lowest BCUT2D eigenvalue weighted by Crippen LogP contribution is -2.36. The van der Waals surface area contributed by atoms with E-state index in [0.29, 0.717) is 0 Å². The maximum Gasteiger partial charge on any atom is 0.453 e. The van der Waals surface area contributed by atoms with Gasteiger partial charge in [0.2, 0.25) is 8.30 Å². The van der Waals surface area contributed by atoms with Crippen molar-refractivity contribution >= 4 is 19.8 Å². The molecule has 0 aliphatic carbocycles. The van der Waals surface area contributed by atoms with E-state index in [-0.39, 0.29) is 30.7 Å². The fraction of sp³-hybridized carbons (Fsp3) is 0.727.